The van der Waals surface area contributed by atoms with Crippen LogP contribution in [-0.4, -0.2) is 4.98 Å². The molecule has 2 atom stereocenters. The first-order valence-corrected chi connectivity index (χ1v) is 17.6. The molecule has 0 spiro atoms. The average molecular weight is 686 g/mol. The Balaban J connectivity index is 1.21. The molecule has 3 aliphatic rings. The molecule has 6 aromatic rings. The van der Waals surface area contributed by atoms with E-state index in [0.717, 1.165) is 35.4 Å². The number of halogens is 4. The van der Waals surface area contributed by atoms with Crippen LogP contribution in [0, 0.1) is 41.5 Å². The van der Waals surface area contributed by atoms with Crippen molar-refractivity contribution in [2.45, 2.75) is 59.0 Å². The zero-order valence-electron chi connectivity index (χ0n) is 28.9. The molecule has 3 aliphatic carbocycles. The Morgan fingerprint density at radius 3 is 2.14 bits per heavy atom. The molecular weight excluding hydrogens is 646 g/mol. The largest absolute Gasteiger partial charge is 0.344 e. The highest BCUT2D eigenvalue weighted by atomic mass is 19.1. The summed E-state index contributed by atoms with van der Waals surface area (Å²) < 4.78 is 65.0. The van der Waals surface area contributed by atoms with Crippen molar-refractivity contribution < 1.29 is 26.7 Å². The van der Waals surface area contributed by atoms with E-state index >= 15 is 8.78 Å². The number of hydrogen-bond donors (Lipinski definition) is 0. The fourth-order valence-corrected chi connectivity index (χ4v) is 8.50. The molecule has 0 amide bonds. The van der Waals surface area contributed by atoms with Gasteiger partial charge in [0.25, 0.3) is 0 Å². The quantitative estimate of drug-likeness (QED) is 0.116. The summed E-state index contributed by atoms with van der Waals surface area (Å²) >= 11 is 0. The van der Waals surface area contributed by atoms with Crippen molar-refractivity contribution >= 4 is 0 Å². The summed E-state index contributed by atoms with van der Waals surface area (Å²) in [4.78, 5) is 4.29. The standard InChI is InChI=1S/C44H39F4N3/c1-27-10-4-5-11-34(27)41-21-30-18-31-22-36(44(31,2)3)35(30)25-51(41)26-50-17-9-7-13-40(50)43-29(20-33(46)24-38(43)48)15-14-28-19-32(45)23-37(47)42(28)39-12-6-8-16-49-39/h4-13,16-17,19-21,23-25,31,36H,14-15,18,22,26H2,1-3H3/q+2. The number of aryl methyl sites for hydroxylation is 3. The van der Waals surface area contributed by atoms with E-state index in [1.165, 1.54) is 29.7 Å². The van der Waals surface area contributed by atoms with Crippen LogP contribution in [0.2, 0.25) is 0 Å². The van der Waals surface area contributed by atoms with E-state index in [1.54, 1.807) is 24.4 Å². The lowest BCUT2D eigenvalue weighted by atomic mass is 9.47. The molecule has 3 nitrogen and oxygen atoms in total. The van der Waals surface area contributed by atoms with Crippen LogP contribution in [0.1, 0.15) is 54.0 Å². The minimum atomic E-state index is -0.734. The van der Waals surface area contributed by atoms with Gasteiger partial charge in [-0.15, -0.1) is 9.13 Å². The van der Waals surface area contributed by atoms with Crippen LogP contribution in [-0.2, 0) is 25.9 Å². The average Bonchev–Trinajstić information content (AvgIpc) is 3.11. The molecule has 0 radical (unpaired) electrons. The van der Waals surface area contributed by atoms with Crippen molar-refractivity contribution in [2.24, 2.45) is 11.3 Å². The highest BCUT2D eigenvalue weighted by Gasteiger charge is 2.53. The first kappa shape index (κ1) is 33.0. The van der Waals surface area contributed by atoms with Crippen molar-refractivity contribution in [2.75, 3.05) is 0 Å². The highest BCUT2D eigenvalue weighted by Crippen LogP contribution is 2.62. The van der Waals surface area contributed by atoms with Gasteiger partial charge >= 0.3 is 6.67 Å². The molecule has 51 heavy (non-hydrogen) atoms. The van der Waals surface area contributed by atoms with E-state index in [9.17, 15) is 8.78 Å². The first-order chi connectivity index (χ1) is 24.6. The van der Waals surface area contributed by atoms with Crippen molar-refractivity contribution in [3.8, 4) is 33.8 Å². The van der Waals surface area contributed by atoms with Crippen LogP contribution < -0.4 is 9.13 Å². The second kappa shape index (κ2) is 12.9. The number of aromatic nitrogens is 3. The molecule has 3 heterocycles. The molecule has 0 saturated heterocycles. The number of rotatable bonds is 8. The summed E-state index contributed by atoms with van der Waals surface area (Å²) in [7, 11) is 0. The van der Waals surface area contributed by atoms with Gasteiger partial charge in [-0.3, -0.25) is 4.98 Å². The summed E-state index contributed by atoms with van der Waals surface area (Å²) in [5.74, 6) is -1.71. The van der Waals surface area contributed by atoms with E-state index in [4.69, 9.17) is 0 Å². The third kappa shape index (κ3) is 5.92. The van der Waals surface area contributed by atoms with Gasteiger partial charge in [0, 0.05) is 53.2 Å². The van der Waals surface area contributed by atoms with Crippen molar-refractivity contribution in [3.05, 3.63) is 161 Å². The van der Waals surface area contributed by atoms with E-state index in [1.807, 2.05) is 35.0 Å². The van der Waals surface area contributed by atoms with Gasteiger partial charge in [0.2, 0.25) is 11.4 Å². The van der Waals surface area contributed by atoms with Crippen LogP contribution in [0.15, 0.2) is 110 Å². The monoisotopic (exact) mass is 685 g/mol. The van der Waals surface area contributed by atoms with Crippen LogP contribution in [0.4, 0.5) is 17.6 Å². The molecule has 0 N–H and O–H groups in total. The zero-order valence-corrected chi connectivity index (χ0v) is 28.9. The molecule has 0 aliphatic heterocycles. The molecule has 1 fully saturated rings. The predicted octanol–water partition coefficient (Wildman–Crippen LogP) is 9.50. The summed E-state index contributed by atoms with van der Waals surface area (Å²) in [5, 5.41) is 0. The SMILES string of the molecule is Cc1ccccc1-c1cc2c(c[n+]1C[n+]1ccccc1-c1c(F)cc(F)cc1CCc1cc(F)cc(F)c1-c1ccccn1)C1CC(C2)C1(C)C. The Morgan fingerprint density at radius 1 is 0.745 bits per heavy atom. The summed E-state index contributed by atoms with van der Waals surface area (Å²) in [6.07, 6.45) is 8.28. The van der Waals surface area contributed by atoms with E-state index in [-0.39, 0.29) is 29.4 Å². The highest BCUT2D eigenvalue weighted by molar-refractivity contribution is 5.66. The first-order valence-electron chi connectivity index (χ1n) is 17.6. The van der Waals surface area contributed by atoms with Crippen molar-refractivity contribution in [3.63, 3.8) is 0 Å². The number of nitrogens with zero attached hydrogens (tertiary/aromatic N) is 3. The van der Waals surface area contributed by atoms with Gasteiger partial charge in [0.15, 0.2) is 12.4 Å². The van der Waals surface area contributed by atoms with Gasteiger partial charge in [-0.2, -0.15) is 0 Å². The van der Waals surface area contributed by atoms with Gasteiger partial charge in [-0.25, -0.2) is 17.6 Å². The molecule has 2 unspecified atom stereocenters. The minimum Gasteiger partial charge on any atom is -0.256 e. The van der Waals surface area contributed by atoms with E-state index in [2.05, 4.69) is 60.8 Å². The summed E-state index contributed by atoms with van der Waals surface area (Å²) in [6.45, 7) is 7.24. The van der Waals surface area contributed by atoms with Crippen LogP contribution >= 0.6 is 0 Å². The smallest absolute Gasteiger partial charge is 0.256 e. The summed E-state index contributed by atoms with van der Waals surface area (Å²) in [5.41, 5.74) is 8.55. The molecule has 1 saturated carbocycles. The molecule has 256 valence electrons. The third-order valence-corrected chi connectivity index (χ3v) is 11.4. The fourth-order valence-electron chi connectivity index (χ4n) is 8.50. The Hall–Kier alpha value is -5.17. The summed E-state index contributed by atoms with van der Waals surface area (Å²) in [6, 6.07) is 25.7. The third-order valence-electron chi connectivity index (χ3n) is 11.4. The van der Waals surface area contributed by atoms with Crippen molar-refractivity contribution in [1.82, 2.24) is 4.98 Å². The van der Waals surface area contributed by atoms with Gasteiger partial charge in [0.1, 0.15) is 23.3 Å². The fraction of sp³-hybridized carbons (Fsp3) is 0.250. The van der Waals surface area contributed by atoms with Crippen molar-refractivity contribution in [1.29, 1.82) is 0 Å². The van der Waals surface area contributed by atoms with E-state index in [0.29, 0.717) is 41.0 Å². The Morgan fingerprint density at radius 2 is 1.43 bits per heavy atom. The number of benzene rings is 3. The van der Waals surface area contributed by atoms with Gasteiger partial charge in [-0.05, 0) is 109 Å². The predicted molar refractivity (Wildman–Crippen MR) is 190 cm³/mol. The number of hydrogen-bond acceptors (Lipinski definition) is 1. The van der Waals surface area contributed by atoms with E-state index < -0.39 is 23.3 Å². The molecule has 3 aromatic carbocycles. The van der Waals surface area contributed by atoms with Gasteiger partial charge in [0.05, 0.1) is 11.3 Å². The maximum Gasteiger partial charge on any atom is 0.344 e. The zero-order chi connectivity index (χ0) is 35.4. The normalized spacial score (nSPS) is 17.2. The number of pyridine rings is 3. The molecule has 3 aromatic heterocycles. The maximum atomic E-state index is 16.1. The minimum absolute atomic E-state index is 0.137. The van der Waals surface area contributed by atoms with Gasteiger partial charge < -0.3 is 0 Å². The Bertz CT molecular complexity index is 2300. The lowest BCUT2D eigenvalue weighted by Gasteiger charge is -2.56. The van der Waals surface area contributed by atoms with Gasteiger partial charge in [-0.1, -0.05) is 38.1 Å². The maximum absolute atomic E-state index is 16.1. The van der Waals surface area contributed by atoms with Crippen LogP contribution in [0.3, 0.4) is 0 Å². The lowest BCUT2D eigenvalue weighted by Crippen LogP contribution is -2.55. The Kier molecular flexibility index (Phi) is 8.32. The molecule has 2 bridgehead atoms. The molecule has 7 heteroatoms. The van der Waals surface area contributed by atoms with Crippen LogP contribution in [0.25, 0.3) is 33.8 Å². The van der Waals surface area contributed by atoms with Crippen LogP contribution in [0.5, 0.6) is 0 Å². The lowest BCUT2D eigenvalue weighted by molar-refractivity contribution is -0.903. The second-order valence-corrected chi connectivity index (χ2v) is 14.7. The molecular formula is C44H39F4N3+2. The topological polar surface area (TPSA) is 20.6 Å². The molecule has 9 rings (SSSR count). The second-order valence-electron chi connectivity index (χ2n) is 14.7. The Labute approximate surface area is 295 Å².